The van der Waals surface area contributed by atoms with Crippen molar-refractivity contribution in [2.45, 2.75) is 19.4 Å². The number of hydrogen-bond donors (Lipinski definition) is 1. The van der Waals surface area contributed by atoms with Crippen LogP contribution in [0.1, 0.15) is 28.9 Å². The van der Waals surface area contributed by atoms with Crippen LogP contribution in [0.5, 0.6) is 0 Å². The number of rotatable bonds is 4. The molecular weight excluding hydrogens is 256 g/mol. The van der Waals surface area contributed by atoms with Gasteiger partial charge in [-0.2, -0.15) is 0 Å². The molecule has 0 aliphatic carbocycles. The molecule has 6 nitrogen and oxygen atoms in total. The first-order valence-corrected chi connectivity index (χ1v) is 6.70. The van der Waals surface area contributed by atoms with Crippen LogP contribution in [0.15, 0.2) is 35.3 Å². The van der Waals surface area contributed by atoms with E-state index in [-0.39, 0.29) is 5.91 Å². The molecule has 6 heteroatoms. The zero-order valence-electron chi connectivity index (χ0n) is 11.1. The van der Waals surface area contributed by atoms with Gasteiger partial charge in [0.25, 0.3) is 5.91 Å². The molecule has 0 unspecified atom stereocenters. The fourth-order valence-corrected chi connectivity index (χ4v) is 2.21. The zero-order chi connectivity index (χ0) is 13.8. The van der Waals surface area contributed by atoms with Crippen molar-refractivity contribution < 1.29 is 9.21 Å². The summed E-state index contributed by atoms with van der Waals surface area (Å²) < 4.78 is 4.96. The van der Waals surface area contributed by atoms with E-state index in [1.807, 2.05) is 6.07 Å². The second-order valence-corrected chi connectivity index (χ2v) is 4.75. The molecule has 3 rings (SSSR count). The number of hydrogen-bond acceptors (Lipinski definition) is 5. The van der Waals surface area contributed by atoms with Crippen LogP contribution in [0.2, 0.25) is 0 Å². The molecule has 2 aromatic heterocycles. The lowest BCUT2D eigenvalue weighted by Gasteiger charge is -2.15. The van der Waals surface area contributed by atoms with Gasteiger partial charge in [-0.1, -0.05) is 0 Å². The molecule has 0 radical (unpaired) electrons. The van der Waals surface area contributed by atoms with E-state index >= 15 is 0 Å². The minimum Gasteiger partial charge on any atom is -0.472 e. The third kappa shape index (κ3) is 2.79. The quantitative estimate of drug-likeness (QED) is 0.915. The van der Waals surface area contributed by atoms with E-state index in [1.165, 1.54) is 0 Å². The molecule has 104 valence electrons. The molecule has 1 saturated heterocycles. The van der Waals surface area contributed by atoms with Crippen LogP contribution in [-0.4, -0.2) is 29.0 Å². The Labute approximate surface area is 116 Å². The number of carbonyl (C=O) groups is 1. The van der Waals surface area contributed by atoms with E-state index in [2.05, 4.69) is 20.2 Å². The Morgan fingerprint density at radius 2 is 2.20 bits per heavy atom. The van der Waals surface area contributed by atoms with Crippen molar-refractivity contribution in [1.29, 1.82) is 0 Å². The fourth-order valence-electron chi connectivity index (χ4n) is 2.21. The number of aromatic nitrogens is 2. The van der Waals surface area contributed by atoms with E-state index in [1.54, 1.807) is 24.8 Å². The minimum absolute atomic E-state index is 0.200. The predicted molar refractivity (Wildman–Crippen MR) is 73.4 cm³/mol. The third-order valence-electron chi connectivity index (χ3n) is 3.30. The van der Waals surface area contributed by atoms with Crippen molar-refractivity contribution in [1.82, 2.24) is 15.3 Å². The zero-order valence-corrected chi connectivity index (χ0v) is 11.1. The predicted octanol–water partition coefficient (Wildman–Crippen LogP) is 1.60. The lowest BCUT2D eigenvalue weighted by Crippen LogP contribution is -2.26. The first kappa shape index (κ1) is 12.7. The van der Waals surface area contributed by atoms with Crippen LogP contribution < -0.4 is 10.2 Å². The third-order valence-corrected chi connectivity index (χ3v) is 3.30. The lowest BCUT2D eigenvalue weighted by atomic mass is 10.3. The molecule has 2 aromatic rings. The molecule has 1 N–H and O–H groups in total. The molecule has 1 amide bonds. The monoisotopic (exact) mass is 272 g/mol. The van der Waals surface area contributed by atoms with Gasteiger partial charge >= 0.3 is 0 Å². The topological polar surface area (TPSA) is 71.3 Å². The summed E-state index contributed by atoms with van der Waals surface area (Å²) in [6.45, 7) is 2.35. The van der Waals surface area contributed by atoms with Crippen LogP contribution >= 0.6 is 0 Å². The summed E-state index contributed by atoms with van der Waals surface area (Å²) in [5.41, 5.74) is 1.32. The van der Waals surface area contributed by atoms with Crippen molar-refractivity contribution in [3.63, 3.8) is 0 Å². The molecule has 1 aliphatic rings. The molecule has 1 fully saturated rings. The van der Waals surface area contributed by atoms with E-state index in [4.69, 9.17) is 4.42 Å². The summed E-state index contributed by atoms with van der Waals surface area (Å²) in [6, 6.07) is 3.44. The Balaban J connectivity index is 1.66. The number of amides is 1. The second-order valence-electron chi connectivity index (χ2n) is 4.75. The molecule has 0 bridgehead atoms. The minimum atomic E-state index is -0.200. The Morgan fingerprint density at radius 3 is 2.95 bits per heavy atom. The van der Waals surface area contributed by atoms with Gasteiger partial charge in [0, 0.05) is 31.4 Å². The van der Waals surface area contributed by atoms with Gasteiger partial charge in [-0.05, 0) is 25.0 Å². The maximum atomic E-state index is 12.1. The Bertz CT molecular complexity index is 577. The van der Waals surface area contributed by atoms with E-state index in [9.17, 15) is 4.79 Å². The van der Waals surface area contributed by atoms with Gasteiger partial charge in [-0.25, -0.2) is 9.97 Å². The Kier molecular flexibility index (Phi) is 3.62. The van der Waals surface area contributed by atoms with Crippen molar-refractivity contribution >= 4 is 11.9 Å². The average molecular weight is 272 g/mol. The fraction of sp³-hybridized carbons (Fsp3) is 0.357. The SMILES string of the molecule is O=C(NCc1ccoc1)c1ccnc(N2CCCC2)n1. The highest BCUT2D eigenvalue weighted by Crippen LogP contribution is 2.15. The van der Waals surface area contributed by atoms with Crippen LogP contribution in [-0.2, 0) is 6.54 Å². The van der Waals surface area contributed by atoms with E-state index in [0.717, 1.165) is 31.5 Å². The van der Waals surface area contributed by atoms with Gasteiger partial charge in [0.1, 0.15) is 5.69 Å². The highest BCUT2D eigenvalue weighted by molar-refractivity contribution is 5.92. The van der Waals surface area contributed by atoms with Crippen molar-refractivity contribution in [2.75, 3.05) is 18.0 Å². The van der Waals surface area contributed by atoms with Gasteiger partial charge < -0.3 is 14.6 Å². The number of nitrogens with zero attached hydrogens (tertiary/aromatic N) is 3. The maximum absolute atomic E-state index is 12.1. The van der Waals surface area contributed by atoms with Gasteiger partial charge in [-0.3, -0.25) is 4.79 Å². The lowest BCUT2D eigenvalue weighted by molar-refractivity contribution is 0.0946. The number of carbonyl (C=O) groups excluding carboxylic acids is 1. The highest BCUT2D eigenvalue weighted by Gasteiger charge is 2.16. The summed E-state index contributed by atoms with van der Waals surface area (Å²) in [5, 5.41) is 2.81. The summed E-state index contributed by atoms with van der Waals surface area (Å²) in [4.78, 5) is 22.7. The highest BCUT2D eigenvalue weighted by atomic mass is 16.3. The molecule has 0 spiro atoms. The Hall–Kier alpha value is -2.37. The smallest absolute Gasteiger partial charge is 0.270 e. The van der Waals surface area contributed by atoms with Crippen LogP contribution in [0, 0.1) is 0 Å². The van der Waals surface area contributed by atoms with Gasteiger partial charge in [0.2, 0.25) is 5.95 Å². The number of anilines is 1. The first-order chi connectivity index (χ1) is 9.83. The largest absolute Gasteiger partial charge is 0.472 e. The standard InChI is InChI=1S/C14H16N4O2/c19-13(16-9-11-4-8-20-10-11)12-3-5-15-14(17-12)18-6-1-2-7-18/h3-5,8,10H,1-2,6-7,9H2,(H,16,19). The number of nitrogens with one attached hydrogen (secondary N) is 1. The van der Waals surface area contributed by atoms with Crippen molar-refractivity contribution in [2.24, 2.45) is 0 Å². The van der Waals surface area contributed by atoms with Gasteiger partial charge in [0.05, 0.1) is 12.5 Å². The molecule has 0 atom stereocenters. The summed E-state index contributed by atoms with van der Waals surface area (Å²) in [5.74, 6) is 0.438. The van der Waals surface area contributed by atoms with Crippen LogP contribution in [0.3, 0.4) is 0 Å². The van der Waals surface area contributed by atoms with Gasteiger partial charge in [0.15, 0.2) is 0 Å². The normalized spacial score (nSPS) is 14.5. The molecular formula is C14H16N4O2. The Morgan fingerprint density at radius 1 is 1.35 bits per heavy atom. The second kappa shape index (κ2) is 5.73. The maximum Gasteiger partial charge on any atom is 0.270 e. The molecule has 3 heterocycles. The molecule has 0 aromatic carbocycles. The average Bonchev–Trinajstić information content (AvgIpc) is 3.18. The van der Waals surface area contributed by atoms with Gasteiger partial charge in [-0.15, -0.1) is 0 Å². The van der Waals surface area contributed by atoms with Crippen molar-refractivity contribution in [3.05, 3.63) is 42.1 Å². The van der Waals surface area contributed by atoms with Crippen LogP contribution in [0.4, 0.5) is 5.95 Å². The summed E-state index contributed by atoms with van der Waals surface area (Å²) in [7, 11) is 0. The molecule has 20 heavy (non-hydrogen) atoms. The van der Waals surface area contributed by atoms with Crippen LogP contribution in [0.25, 0.3) is 0 Å². The van der Waals surface area contributed by atoms with Crippen molar-refractivity contribution in [3.8, 4) is 0 Å². The summed E-state index contributed by atoms with van der Waals surface area (Å²) >= 11 is 0. The van der Waals surface area contributed by atoms with E-state index < -0.39 is 0 Å². The molecule has 0 saturated carbocycles. The summed E-state index contributed by atoms with van der Waals surface area (Å²) in [6.07, 6.45) is 7.13. The molecule has 1 aliphatic heterocycles. The number of furan rings is 1. The first-order valence-electron chi connectivity index (χ1n) is 6.70. The van der Waals surface area contributed by atoms with E-state index in [0.29, 0.717) is 18.2 Å².